The minimum absolute atomic E-state index is 0.117. The molecule has 2 saturated heterocycles. The predicted octanol–water partition coefficient (Wildman–Crippen LogP) is 8.12. The van der Waals surface area contributed by atoms with Gasteiger partial charge in [-0.15, -0.1) is 0 Å². The summed E-state index contributed by atoms with van der Waals surface area (Å²) in [5.41, 5.74) is 1.17. The van der Waals surface area contributed by atoms with Gasteiger partial charge in [0, 0.05) is 15.4 Å². The van der Waals surface area contributed by atoms with Crippen LogP contribution in [0.5, 0.6) is 11.5 Å². The number of imide groups is 2. The lowest BCUT2D eigenvalue weighted by molar-refractivity contribution is -0.131. The summed E-state index contributed by atoms with van der Waals surface area (Å²) in [6.07, 6.45) is 2.27. The number of carbonyl (C=O) groups excluding carboxylic acids is 4. The maximum Gasteiger partial charge on any atom is 0.241 e. The molecule has 3 aromatic rings. The third kappa shape index (κ3) is 4.57. The number of rotatable bonds is 4. The van der Waals surface area contributed by atoms with Gasteiger partial charge in [0.05, 0.1) is 51.1 Å². The van der Waals surface area contributed by atoms with Crippen LogP contribution in [0, 0.1) is 41.8 Å². The van der Waals surface area contributed by atoms with Crippen LogP contribution in [0.25, 0.3) is 0 Å². The lowest BCUT2D eigenvalue weighted by Crippen LogP contribution is -2.49. The number of benzene rings is 3. The summed E-state index contributed by atoms with van der Waals surface area (Å²) >= 11 is 19.5. The zero-order valence-electron chi connectivity index (χ0n) is 25.7. The number of allylic oxidation sites excluding steroid dienone is 2. The topological polar surface area (TPSA) is 104 Å². The number of amides is 4. The largest absolute Gasteiger partial charge is 0.503 e. The van der Waals surface area contributed by atoms with E-state index in [2.05, 4.69) is 31.9 Å². The minimum Gasteiger partial charge on any atom is -0.503 e. The number of halogens is 5. The second kappa shape index (κ2) is 11.7. The Morgan fingerprint density at radius 2 is 1.58 bits per heavy atom. The van der Waals surface area contributed by atoms with Crippen molar-refractivity contribution >= 4 is 90.1 Å². The molecule has 4 amide bonds. The minimum atomic E-state index is -1.40. The third-order valence-corrected chi connectivity index (χ3v) is 13.4. The van der Waals surface area contributed by atoms with Gasteiger partial charge in [-0.05, 0) is 112 Å². The Labute approximate surface area is 302 Å². The lowest BCUT2D eigenvalue weighted by Gasteiger charge is -2.49. The molecule has 4 aliphatic rings. The number of hydrogen-bond acceptors (Lipinski definition) is 6. The van der Waals surface area contributed by atoms with Crippen LogP contribution >= 0.6 is 55.1 Å². The van der Waals surface area contributed by atoms with Crippen LogP contribution in [0.15, 0.2) is 63.1 Å². The third-order valence-electron chi connectivity index (χ3n) is 10.6. The van der Waals surface area contributed by atoms with Crippen molar-refractivity contribution in [2.24, 2.45) is 29.1 Å². The fourth-order valence-corrected chi connectivity index (χ4v) is 9.49. The standard InChI is InChI=1S/C35H27Br2Cl2FN2O6/c1-14-4-5-15(10-22(14)38)41-31(44)18-8-7-17-19(26(18)33(41)46)12-21-32(45)42(16-6-9-24(40)23(39)11-16)34(47)35(21,2)27(17)20-13-25(48-3)30(43)29(37)28(20)36/h4-7,9-11,13,18-19,21,26-27,43H,8,12H2,1-3H3/t18-,19+,21-,26-,27+,35+/m0/s1. The van der Waals surface area contributed by atoms with Gasteiger partial charge < -0.3 is 9.84 Å². The SMILES string of the molecule is COc1cc([C@H]2C3=CC[C@@H]4C(=O)N(c5ccc(C)c(Cl)c5)C(=O)[C@@H]4[C@@H]3C[C@H]3C(=O)N(c4ccc(F)c(Cl)c4)C(=O)[C@@]23C)c(Br)c(Br)c1O. The first-order chi connectivity index (χ1) is 22.7. The van der Waals surface area contributed by atoms with Crippen molar-refractivity contribution in [2.45, 2.75) is 32.6 Å². The summed E-state index contributed by atoms with van der Waals surface area (Å²) in [4.78, 5) is 59.6. The number of aromatic hydroxyl groups is 1. The molecule has 13 heteroatoms. The first kappa shape index (κ1) is 33.3. The second-order valence-electron chi connectivity index (χ2n) is 12.8. The summed E-state index contributed by atoms with van der Waals surface area (Å²) in [5, 5.41) is 11.0. The van der Waals surface area contributed by atoms with E-state index in [4.69, 9.17) is 27.9 Å². The van der Waals surface area contributed by atoms with Gasteiger partial charge in [0.1, 0.15) is 5.82 Å². The van der Waals surface area contributed by atoms with Gasteiger partial charge in [0.2, 0.25) is 23.6 Å². The van der Waals surface area contributed by atoms with E-state index < -0.39 is 58.5 Å². The highest BCUT2D eigenvalue weighted by atomic mass is 79.9. The molecule has 2 aliphatic carbocycles. The van der Waals surface area contributed by atoms with Crippen molar-refractivity contribution < 1.29 is 33.4 Å². The van der Waals surface area contributed by atoms with Gasteiger partial charge in [-0.1, -0.05) is 40.9 Å². The molecule has 48 heavy (non-hydrogen) atoms. The van der Waals surface area contributed by atoms with Gasteiger partial charge in [-0.3, -0.25) is 19.2 Å². The zero-order chi connectivity index (χ0) is 34.6. The van der Waals surface area contributed by atoms with Crippen molar-refractivity contribution in [3.63, 3.8) is 0 Å². The average Bonchev–Trinajstić information content (AvgIpc) is 3.42. The number of nitrogens with zero attached hydrogens (tertiary/aromatic N) is 2. The number of fused-ring (bicyclic) bond motifs is 4. The average molecular weight is 821 g/mol. The van der Waals surface area contributed by atoms with E-state index in [1.54, 1.807) is 31.2 Å². The molecular formula is C35H27Br2Cl2FN2O6. The van der Waals surface area contributed by atoms with Crippen LogP contribution in [-0.2, 0) is 19.2 Å². The van der Waals surface area contributed by atoms with Crippen molar-refractivity contribution in [3.8, 4) is 11.5 Å². The van der Waals surface area contributed by atoms with E-state index in [1.165, 1.54) is 24.1 Å². The lowest BCUT2D eigenvalue weighted by atomic mass is 9.51. The number of phenolic OH excluding ortho intramolecular Hbond substituents is 1. The summed E-state index contributed by atoms with van der Waals surface area (Å²) < 4.78 is 20.4. The Morgan fingerprint density at radius 1 is 0.917 bits per heavy atom. The molecule has 0 aromatic heterocycles. The number of hydrogen-bond donors (Lipinski definition) is 1. The maximum atomic E-state index is 14.7. The quantitative estimate of drug-likeness (QED) is 0.211. The van der Waals surface area contributed by atoms with Gasteiger partial charge in [-0.2, -0.15) is 0 Å². The summed E-state index contributed by atoms with van der Waals surface area (Å²) in [6.45, 7) is 3.55. The maximum absolute atomic E-state index is 14.7. The Kier molecular flexibility index (Phi) is 8.09. The molecule has 3 aromatic carbocycles. The van der Waals surface area contributed by atoms with Crippen LogP contribution < -0.4 is 14.5 Å². The molecule has 2 heterocycles. The van der Waals surface area contributed by atoms with Gasteiger partial charge in [0.25, 0.3) is 0 Å². The number of carbonyl (C=O) groups is 4. The number of methoxy groups -OCH3 is 1. The molecule has 2 aliphatic heterocycles. The van der Waals surface area contributed by atoms with Gasteiger partial charge >= 0.3 is 0 Å². The molecule has 6 atom stereocenters. The highest BCUT2D eigenvalue weighted by molar-refractivity contribution is 9.13. The Balaban J connectivity index is 1.41. The first-order valence-electron chi connectivity index (χ1n) is 15.1. The van der Waals surface area contributed by atoms with E-state index in [0.717, 1.165) is 22.1 Å². The van der Waals surface area contributed by atoms with E-state index in [9.17, 15) is 28.7 Å². The van der Waals surface area contributed by atoms with Crippen molar-refractivity contribution in [1.29, 1.82) is 0 Å². The molecule has 0 bridgehead atoms. The molecule has 3 fully saturated rings. The number of ether oxygens (including phenoxy) is 1. The molecule has 0 spiro atoms. The molecule has 0 radical (unpaired) electrons. The monoisotopic (exact) mass is 818 g/mol. The van der Waals surface area contributed by atoms with Crippen LogP contribution in [0.3, 0.4) is 0 Å². The Bertz CT molecular complexity index is 2020. The molecule has 7 rings (SSSR count). The van der Waals surface area contributed by atoms with E-state index in [0.29, 0.717) is 20.7 Å². The van der Waals surface area contributed by atoms with Crippen LogP contribution in [0.2, 0.25) is 10.0 Å². The zero-order valence-corrected chi connectivity index (χ0v) is 30.4. The Hall–Kier alpha value is -3.25. The molecule has 248 valence electrons. The Morgan fingerprint density at radius 3 is 2.25 bits per heavy atom. The van der Waals surface area contributed by atoms with Crippen molar-refractivity contribution in [2.75, 3.05) is 16.9 Å². The normalized spacial score (nSPS) is 28.0. The number of anilines is 2. The van der Waals surface area contributed by atoms with Crippen LogP contribution in [0.1, 0.15) is 36.8 Å². The molecule has 1 saturated carbocycles. The van der Waals surface area contributed by atoms with Crippen molar-refractivity contribution in [3.05, 3.63) is 90.0 Å². The number of phenols is 1. The van der Waals surface area contributed by atoms with E-state index >= 15 is 0 Å². The van der Waals surface area contributed by atoms with E-state index in [-0.39, 0.29) is 45.4 Å². The summed E-state index contributed by atoms with van der Waals surface area (Å²) in [5.74, 6) is -6.33. The van der Waals surface area contributed by atoms with Crippen molar-refractivity contribution in [1.82, 2.24) is 0 Å². The fraction of sp³-hybridized carbons (Fsp3) is 0.314. The molecule has 8 nitrogen and oxygen atoms in total. The number of aryl methyl sites for hydroxylation is 1. The predicted molar refractivity (Wildman–Crippen MR) is 185 cm³/mol. The fourth-order valence-electron chi connectivity index (χ4n) is 8.18. The first-order valence-corrected chi connectivity index (χ1v) is 17.5. The second-order valence-corrected chi connectivity index (χ2v) is 15.3. The molecule has 0 unspecified atom stereocenters. The molecule has 1 N–H and O–H groups in total. The highest BCUT2D eigenvalue weighted by Gasteiger charge is 2.68. The summed E-state index contributed by atoms with van der Waals surface area (Å²) in [6, 6.07) is 10.3. The van der Waals surface area contributed by atoms with Crippen LogP contribution in [-0.4, -0.2) is 35.8 Å². The molecular weight excluding hydrogens is 794 g/mol. The van der Waals surface area contributed by atoms with Gasteiger partial charge in [0.15, 0.2) is 11.5 Å². The van der Waals surface area contributed by atoms with Gasteiger partial charge in [-0.25, -0.2) is 14.2 Å². The highest BCUT2D eigenvalue weighted by Crippen LogP contribution is 2.65. The summed E-state index contributed by atoms with van der Waals surface area (Å²) in [7, 11) is 1.40. The van der Waals surface area contributed by atoms with E-state index in [1.807, 2.05) is 13.0 Å². The van der Waals surface area contributed by atoms with Crippen LogP contribution in [0.4, 0.5) is 15.8 Å². The smallest absolute Gasteiger partial charge is 0.241 e.